The average Bonchev–Trinajstić information content (AvgIpc) is 2.50. The molecule has 0 bridgehead atoms. The molecular formula is C8H13NOS. The second kappa shape index (κ2) is 5.27. The minimum absolute atomic E-state index is 0.670. The SMILES string of the molecule is CCCCOCc1cscn1. The first-order valence-corrected chi connectivity index (χ1v) is 4.82. The van der Waals surface area contributed by atoms with Gasteiger partial charge in [0.2, 0.25) is 0 Å². The number of nitrogens with zero attached hydrogens (tertiary/aromatic N) is 1. The van der Waals surface area contributed by atoms with Crippen LogP contribution in [0.4, 0.5) is 0 Å². The Morgan fingerprint density at radius 2 is 2.55 bits per heavy atom. The van der Waals surface area contributed by atoms with E-state index in [2.05, 4.69) is 11.9 Å². The lowest BCUT2D eigenvalue weighted by molar-refractivity contribution is 0.116. The molecule has 3 heteroatoms. The summed E-state index contributed by atoms with van der Waals surface area (Å²) < 4.78 is 5.36. The van der Waals surface area contributed by atoms with Crippen LogP contribution in [0.5, 0.6) is 0 Å². The standard InChI is InChI=1S/C8H13NOS/c1-2-3-4-10-5-8-6-11-7-9-8/h6-7H,2-5H2,1H3. The van der Waals surface area contributed by atoms with Crippen molar-refractivity contribution in [3.05, 3.63) is 16.6 Å². The third kappa shape index (κ3) is 3.49. The second-order valence-corrected chi connectivity index (χ2v) is 3.10. The molecule has 1 heterocycles. The number of hydrogen-bond donors (Lipinski definition) is 0. The first kappa shape index (κ1) is 8.68. The number of rotatable bonds is 5. The summed E-state index contributed by atoms with van der Waals surface area (Å²) in [7, 11) is 0. The van der Waals surface area contributed by atoms with Crippen molar-refractivity contribution in [1.82, 2.24) is 4.98 Å². The average molecular weight is 171 g/mol. The van der Waals surface area contributed by atoms with Crippen molar-refractivity contribution in [1.29, 1.82) is 0 Å². The molecule has 0 unspecified atom stereocenters. The summed E-state index contributed by atoms with van der Waals surface area (Å²) in [5.74, 6) is 0. The molecule has 0 aromatic carbocycles. The molecule has 1 aromatic rings. The first-order valence-electron chi connectivity index (χ1n) is 3.88. The molecule has 0 saturated carbocycles. The van der Waals surface area contributed by atoms with Gasteiger partial charge in [0.1, 0.15) is 0 Å². The van der Waals surface area contributed by atoms with E-state index in [4.69, 9.17) is 4.74 Å². The number of thiazole rings is 1. The highest BCUT2D eigenvalue weighted by Gasteiger charge is 1.92. The fourth-order valence-electron chi connectivity index (χ4n) is 0.732. The van der Waals surface area contributed by atoms with Crippen LogP contribution >= 0.6 is 11.3 Å². The summed E-state index contributed by atoms with van der Waals surface area (Å²) in [6.45, 7) is 3.68. The Kier molecular flexibility index (Phi) is 4.16. The van der Waals surface area contributed by atoms with Gasteiger partial charge in [-0.3, -0.25) is 0 Å². The Hall–Kier alpha value is -0.410. The minimum atomic E-state index is 0.670. The topological polar surface area (TPSA) is 22.1 Å². The van der Waals surface area contributed by atoms with Gasteiger partial charge < -0.3 is 4.74 Å². The zero-order chi connectivity index (χ0) is 7.94. The molecule has 0 atom stereocenters. The molecule has 0 fully saturated rings. The van der Waals surface area contributed by atoms with Crippen molar-refractivity contribution in [2.45, 2.75) is 26.4 Å². The van der Waals surface area contributed by atoms with E-state index < -0.39 is 0 Å². The van der Waals surface area contributed by atoms with Crippen molar-refractivity contribution in [2.24, 2.45) is 0 Å². The van der Waals surface area contributed by atoms with E-state index in [9.17, 15) is 0 Å². The van der Waals surface area contributed by atoms with Crippen LogP contribution in [0.1, 0.15) is 25.5 Å². The Balaban J connectivity index is 2.04. The Morgan fingerprint density at radius 3 is 3.18 bits per heavy atom. The smallest absolute Gasteiger partial charge is 0.0896 e. The lowest BCUT2D eigenvalue weighted by Gasteiger charge is -1.98. The molecule has 0 radical (unpaired) electrons. The summed E-state index contributed by atoms with van der Waals surface area (Å²) in [6.07, 6.45) is 2.33. The van der Waals surface area contributed by atoms with E-state index in [0.717, 1.165) is 18.7 Å². The molecule has 11 heavy (non-hydrogen) atoms. The summed E-state index contributed by atoms with van der Waals surface area (Å²) in [5.41, 5.74) is 2.88. The van der Waals surface area contributed by atoms with Gasteiger partial charge in [-0.1, -0.05) is 13.3 Å². The third-order valence-corrected chi connectivity index (χ3v) is 2.01. The van der Waals surface area contributed by atoms with Crippen LogP contribution in [0.2, 0.25) is 0 Å². The fraction of sp³-hybridized carbons (Fsp3) is 0.625. The van der Waals surface area contributed by atoms with Crippen molar-refractivity contribution in [3.8, 4) is 0 Å². The maximum atomic E-state index is 5.36. The predicted molar refractivity (Wildman–Crippen MR) is 46.7 cm³/mol. The van der Waals surface area contributed by atoms with Gasteiger partial charge in [0.05, 0.1) is 17.8 Å². The van der Waals surface area contributed by atoms with E-state index in [1.165, 1.54) is 6.42 Å². The molecule has 1 rings (SSSR count). The Morgan fingerprint density at radius 1 is 1.64 bits per heavy atom. The summed E-state index contributed by atoms with van der Waals surface area (Å²) in [6, 6.07) is 0. The molecule has 62 valence electrons. The van der Waals surface area contributed by atoms with Crippen molar-refractivity contribution in [2.75, 3.05) is 6.61 Å². The van der Waals surface area contributed by atoms with Crippen LogP contribution in [0.3, 0.4) is 0 Å². The summed E-state index contributed by atoms with van der Waals surface area (Å²) >= 11 is 1.61. The van der Waals surface area contributed by atoms with Crippen LogP contribution in [0.15, 0.2) is 10.9 Å². The normalized spacial score (nSPS) is 10.3. The van der Waals surface area contributed by atoms with Crippen LogP contribution < -0.4 is 0 Å². The third-order valence-electron chi connectivity index (χ3n) is 1.38. The fourth-order valence-corrected chi connectivity index (χ4v) is 1.28. The van der Waals surface area contributed by atoms with E-state index in [-0.39, 0.29) is 0 Å². The van der Waals surface area contributed by atoms with Gasteiger partial charge >= 0.3 is 0 Å². The van der Waals surface area contributed by atoms with E-state index in [1.54, 1.807) is 11.3 Å². The molecule has 0 spiro atoms. The van der Waals surface area contributed by atoms with Gasteiger partial charge in [-0.2, -0.15) is 0 Å². The molecule has 0 aliphatic heterocycles. The van der Waals surface area contributed by atoms with Gasteiger partial charge in [0.25, 0.3) is 0 Å². The zero-order valence-electron chi connectivity index (χ0n) is 6.75. The second-order valence-electron chi connectivity index (χ2n) is 2.39. The highest BCUT2D eigenvalue weighted by Crippen LogP contribution is 2.02. The molecule has 0 saturated heterocycles. The summed E-state index contributed by atoms with van der Waals surface area (Å²) in [5, 5.41) is 2.02. The maximum Gasteiger partial charge on any atom is 0.0896 e. The van der Waals surface area contributed by atoms with Gasteiger partial charge in [0.15, 0.2) is 0 Å². The van der Waals surface area contributed by atoms with E-state index >= 15 is 0 Å². The quantitative estimate of drug-likeness (QED) is 0.635. The van der Waals surface area contributed by atoms with Gasteiger partial charge in [-0.05, 0) is 6.42 Å². The highest BCUT2D eigenvalue weighted by atomic mass is 32.1. The number of unbranched alkanes of at least 4 members (excludes halogenated alkanes) is 1. The lowest BCUT2D eigenvalue weighted by Crippen LogP contribution is -1.94. The molecular weight excluding hydrogens is 158 g/mol. The van der Waals surface area contributed by atoms with Crippen LogP contribution in [-0.2, 0) is 11.3 Å². The van der Waals surface area contributed by atoms with E-state index in [1.807, 2.05) is 10.9 Å². The molecule has 0 aliphatic carbocycles. The number of aromatic nitrogens is 1. The molecule has 0 amide bonds. The Bertz CT molecular complexity index is 174. The van der Waals surface area contributed by atoms with Crippen molar-refractivity contribution >= 4 is 11.3 Å². The maximum absolute atomic E-state index is 5.36. The van der Waals surface area contributed by atoms with E-state index in [0.29, 0.717) is 6.61 Å². The molecule has 0 N–H and O–H groups in total. The molecule has 0 aliphatic rings. The van der Waals surface area contributed by atoms with Crippen molar-refractivity contribution in [3.63, 3.8) is 0 Å². The number of hydrogen-bond acceptors (Lipinski definition) is 3. The Labute approximate surface area is 71.2 Å². The van der Waals surface area contributed by atoms with Gasteiger partial charge in [0, 0.05) is 12.0 Å². The van der Waals surface area contributed by atoms with Gasteiger partial charge in [-0.15, -0.1) is 11.3 Å². The monoisotopic (exact) mass is 171 g/mol. The summed E-state index contributed by atoms with van der Waals surface area (Å²) in [4.78, 5) is 4.11. The predicted octanol–water partition coefficient (Wildman–Crippen LogP) is 2.46. The molecule has 2 nitrogen and oxygen atoms in total. The van der Waals surface area contributed by atoms with Crippen LogP contribution in [0, 0.1) is 0 Å². The van der Waals surface area contributed by atoms with Gasteiger partial charge in [-0.25, -0.2) is 4.98 Å². The van der Waals surface area contributed by atoms with Crippen LogP contribution in [-0.4, -0.2) is 11.6 Å². The number of ether oxygens (including phenoxy) is 1. The van der Waals surface area contributed by atoms with Crippen molar-refractivity contribution < 1.29 is 4.74 Å². The largest absolute Gasteiger partial charge is 0.375 e. The first-order chi connectivity index (χ1) is 5.43. The zero-order valence-corrected chi connectivity index (χ0v) is 7.56. The lowest BCUT2D eigenvalue weighted by atomic mass is 10.4. The van der Waals surface area contributed by atoms with Crippen LogP contribution in [0.25, 0.3) is 0 Å². The highest BCUT2D eigenvalue weighted by molar-refractivity contribution is 7.07. The molecule has 1 aromatic heterocycles. The minimum Gasteiger partial charge on any atom is -0.375 e.